The number of carbonyl (C=O) groups is 1. The van der Waals surface area contributed by atoms with Crippen LogP contribution in [0.3, 0.4) is 0 Å². The lowest BCUT2D eigenvalue weighted by Gasteiger charge is -2.50. The van der Waals surface area contributed by atoms with Crippen molar-refractivity contribution in [2.45, 2.75) is 92.4 Å². The van der Waals surface area contributed by atoms with Crippen molar-refractivity contribution < 1.29 is 44.5 Å². The lowest BCUT2D eigenvalue weighted by molar-refractivity contribution is -0.297. The van der Waals surface area contributed by atoms with Crippen LogP contribution in [0, 0.1) is 11.8 Å². The van der Waals surface area contributed by atoms with Crippen molar-refractivity contribution in [1.29, 1.82) is 0 Å². The van der Waals surface area contributed by atoms with Crippen molar-refractivity contribution in [3.8, 4) is 0 Å². The molecule has 16 nitrogen and oxygen atoms in total. The van der Waals surface area contributed by atoms with Gasteiger partial charge in [0.2, 0.25) is 5.91 Å². The normalized spacial score (nSPS) is 41.9. The quantitative estimate of drug-likeness (QED) is 0.0972. The van der Waals surface area contributed by atoms with Crippen molar-refractivity contribution in [3.63, 3.8) is 0 Å². The van der Waals surface area contributed by atoms with E-state index in [0.29, 0.717) is 31.8 Å². The van der Waals surface area contributed by atoms with Crippen LogP contribution in [0.15, 0.2) is 11.8 Å². The average molecular weight is 618 g/mol. The number of amides is 1. The summed E-state index contributed by atoms with van der Waals surface area (Å²) in [7, 11) is 1.59. The molecule has 43 heavy (non-hydrogen) atoms. The molecule has 13 atom stereocenters. The van der Waals surface area contributed by atoms with Gasteiger partial charge in [0.1, 0.15) is 35.8 Å². The zero-order valence-corrected chi connectivity index (χ0v) is 24.8. The van der Waals surface area contributed by atoms with Crippen LogP contribution < -0.4 is 38.5 Å². The van der Waals surface area contributed by atoms with Gasteiger partial charge in [-0.05, 0) is 32.9 Å². The van der Waals surface area contributed by atoms with Gasteiger partial charge in [-0.3, -0.25) is 4.79 Å². The zero-order valence-electron chi connectivity index (χ0n) is 24.8. The molecular formula is C27H51N7O9. The third-order valence-corrected chi connectivity index (χ3v) is 9.09. The molecule has 3 heterocycles. The van der Waals surface area contributed by atoms with E-state index in [0.717, 1.165) is 0 Å². The molecule has 248 valence electrons. The highest BCUT2D eigenvalue weighted by Crippen LogP contribution is 2.36. The molecule has 0 aromatic heterocycles. The van der Waals surface area contributed by atoms with Crippen LogP contribution in [-0.4, -0.2) is 151 Å². The number of aliphatic hydroxyl groups is 5. The molecule has 1 aliphatic carbocycles. The van der Waals surface area contributed by atoms with Gasteiger partial charge in [0, 0.05) is 50.1 Å². The van der Waals surface area contributed by atoms with Gasteiger partial charge in [-0.15, -0.1) is 0 Å². The van der Waals surface area contributed by atoms with E-state index in [-0.39, 0.29) is 32.0 Å². The van der Waals surface area contributed by atoms with Gasteiger partial charge in [-0.25, -0.2) is 0 Å². The maximum atomic E-state index is 13.0. The SMILES string of the molecule is CN[C@@H]1[C@@H](O)[C@@H](O[C@H]2[C@H](NC(=O)C(O)C3CNC3)C[C@H](N)C([C@H]3OC(CNCC(O)CN)=CC[C@H]3N)[C@@H]2O)OC[C@]1(C)O. The van der Waals surface area contributed by atoms with E-state index in [9.17, 15) is 30.3 Å². The molecule has 0 bridgehead atoms. The molecule has 3 aliphatic heterocycles. The Hall–Kier alpha value is -1.51. The fourth-order valence-corrected chi connectivity index (χ4v) is 6.42. The molecule has 16 heteroatoms. The Bertz CT molecular complexity index is 958. The van der Waals surface area contributed by atoms with Crippen LogP contribution >= 0.6 is 0 Å². The number of likely N-dealkylation sites (N-methyl/N-ethyl adjacent to an activating group) is 1. The Kier molecular flexibility index (Phi) is 11.8. The highest BCUT2D eigenvalue weighted by atomic mass is 16.7. The monoisotopic (exact) mass is 617 g/mol. The first-order valence-corrected chi connectivity index (χ1v) is 15.1. The lowest BCUT2D eigenvalue weighted by atomic mass is 9.72. The maximum absolute atomic E-state index is 13.0. The van der Waals surface area contributed by atoms with Gasteiger partial charge in [-0.1, -0.05) is 0 Å². The average Bonchev–Trinajstić information content (AvgIpc) is 2.92. The van der Waals surface area contributed by atoms with Crippen LogP contribution in [0.2, 0.25) is 0 Å². The van der Waals surface area contributed by atoms with E-state index in [2.05, 4.69) is 21.3 Å². The Balaban J connectivity index is 1.53. The van der Waals surface area contributed by atoms with E-state index in [1.165, 1.54) is 6.92 Å². The van der Waals surface area contributed by atoms with E-state index >= 15 is 0 Å². The summed E-state index contributed by atoms with van der Waals surface area (Å²) >= 11 is 0. The summed E-state index contributed by atoms with van der Waals surface area (Å²) in [5.41, 5.74) is 17.2. The first-order chi connectivity index (χ1) is 20.4. The molecule has 4 rings (SSSR count). The molecule has 2 saturated heterocycles. The molecule has 0 spiro atoms. The van der Waals surface area contributed by atoms with Crippen LogP contribution in [0.5, 0.6) is 0 Å². The van der Waals surface area contributed by atoms with Gasteiger partial charge >= 0.3 is 0 Å². The van der Waals surface area contributed by atoms with Crippen molar-refractivity contribution in [3.05, 3.63) is 11.8 Å². The van der Waals surface area contributed by atoms with Gasteiger partial charge < -0.3 is 78.2 Å². The number of nitrogens with one attached hydrogen (secondary N) is 4. The summed E-state index contributed by atoms with van der Waals surface area (Å²) in [4.78, 5) is 13.0. The molecule has 4 aliphatic rings. The summed E-state index contributed by atoms with van der Waals surface area (Å²) in [5, 5.41) is 65.6. The summed E-state index contributed by atoms with van der Waals surface area (Å²) in [6, 6.07) is -2.85. The molecule has 3 unspecified atom stereocenters. The number of nitrogens with two attached hydrogens (primary N) is 3. The minimum absolute atomic E-state index is 0.114. The minimum atomic E-state index is -1.39. The van der Waals surface area contributed by atoms with E-state index in [1.54, 1.807) is 7.05 Å². The Morgan fingerprint density at radius 1 is 1.23 bits per heavy atom. The number of ether oxygens (including phenoxy) is 3. The molecule has 0 aromatic rings. The highest BCUT2D eigenvalue weighted by molar-refractivity contribution is 5.81. The maximum Gasteiger partial charge on any atom is 0.249 e. The zero-order chi connectivity index (χ0) is 31.5. The van der Waals surface area contributed by atoms with Gasteiger partial charge in [0.15, 0.2) is 6.29 Å². The first-order valence-electron chi connectivity index (χ1n) is 15.1. The van der Waals surface area contributed by atoms with Crippen molar-refractivity contribution >= 4 is 5.91 Å². The molecule has 0 radical (unpaired) electrons. The van der Waals surface area contributed by atoms with Gasteiger partial charge in [0.05, 0.1) is 37.4 Å². The largest absolute Gasteiger partial charge is 0.492 e. The second kappa shape index (κ2) is 14.7. The van der Waals surface area contributed by atoms with Crippen LogP contribution in [0.25, 0.3) is 0 Å². The predicted molar refractivity (Wildman–Crippen MR) is 154 cm³/mol. The number of hydrogen-bond donors (Lipinski definition) is 12. The van der Waals surface area contributed by atoms with Crippen molar-refractivity contribution in [2.75, 3.05) is 46.4 Å². The number of rotatable bonds is 12. The van der Waals surface area contributed by atoms with Crippen LogP contribution in [0.1, 0.15) is 19.8 Å². The Morgan fingerprint density at radius 2 is 1.95 bits per heavy atom. The van der Waals surface area contributed by atoms with Crippen LogP contribution in [-0.2, 0) is 19.0 Å². The molecule has 15 N–H and O–H groups in total. The summed E-state index contributed by atoms with van der Waals surface area (Å²) in [6.45, 7) is 3.06. The Morgan fingerprint density at radius 3 is 2.58 bits per heavy atom. The lowest BCUT2D eigenvalue weighted by Crippen LogP contribution is -2.70. The number of hydrogen-bond acceptors (Lipinski definition) is 15. The molecule has 3 fully saturated rings. The highest BCUT2D eigenvalue weighted by Gasteiger charge is 2.53. The fourth-order valence-electron chi connectivity index (χ4n) is 6.42. The van der Waals surface area contributed by atoms with Gasteiger partial charge in [0.25, 0.3) is 0 Å². The second-order valence-corrected chi connectivity index (χ2v) is 12.5. The fraction of sp³-hybridized carbons (Fsp3) is 0.889. The topological polar surface area (TPSA) is 272 Å². The minimum Gasteiger partial charge on any atom is -0.492 e. The predicted octanol–water partition coefficient (Wildman–Crippen LogP) is -5.89. The van der Waals surface area contributed by atoms with E-state index < -0.39 is 84.5 Å². The van der Waals surface area contributed by atoms with Crippen molar-refractivity contribution in [2.24, 2.45) is 29.0 Å². The van der Waals surface area contributed by atoms with Crippen LogP contribution in [0.4, 0.5) is 0 Å². The number of aliphatic hydroxyl groups excluding tert-OH is 4. The molecule has 1 amide bonds. The first kappa shape index (κ1) is 34.4. The van der Waals surface area contributed by atoms with Gasteiger partial charge in [-0.2, -0.15) is 0 Å². The third-order valence-electron chi connectivity index (χ3n) is 9.09. The molecular weight excluding hydrogens is 566 g/mol. The summed E-state index contributed by atoms with van der Waals surface area (Å²) < 4.78 is 18.1. The van der Waals surface area contributed by atoms with E-state index in [1.807, 2.05) is 6.08 Å². The molecule has 0 aromatic carbocycles. The smallest absolute Gasteiger partial charge is 0.249 e. The second-order valence-electron chi connectivity index (χ2n) is 12.5. The molecule has 1 saturated carbocycles. The van der Waals surface area contributed by atoms with Crippen molar-refractivity contribution in [1.82, 2.24) is 21.3 Å². The number of carbonyl (C=O) groups excluding carboxylic acids is 1. The Labute approximate surface area is 251 Å². The summed E-state index contributed by atoms with van der Waals surface area (Å²) in [6.07, 6.45) is -5.29. The summed E-state index contributed by atoms with van der Waals surface area (Å²) in [5.74, 6) is -1.03. The third kappa shape index (κ3) is 7.84. The standard InChI is InChI=1S/C27H51N7O9/c1-27(40)11-41-26(21(38)24(27)31-2)43-23-17(34-25(39)19(36)12-7-32-8-12)5-16(30)18(20(23)37)22-15(29)4-3-14(42-22)10-33-9-13(35)6-28/h3,12-13,15-24,26,31-33,35-38,40H,4-11,28-30H2,1-2H3,(H,34,39)/t13?,15-,16+,17-,18?,19?,20+,21-,22+,23+,24-,26-,27+/m1/s1. The van der Waals surface area contributed by atoms with E-state index in [4.69, 9.17) is 31.4 Å².